The summed E-state index contributed by atoms with van der Waals surface area (Å²) in [5.74, 6) is 3.98. The molecule has 1 radical (unpaired) electrons. The van der Waals surface area contributed by atoms with Crippen molar-refractivity contribution in [2.24, 2.45) is 23.7 Å². The molecule has 225 valence electrons. The zero-order valence-electron chi connectivity index (χ0n) is 26.2. The summed E-state index contributed by atoms with van der Waals surface area (Å²) in [6.45, 7) is 0. The third-order valence-corrected chi connectivity index (χ3v) is 12.8. The predicted octanol–water partition coefficient (Wildman–Crippen LogP) is 10.6. The molecule has 0 atom stereocenters. The molecule has 1 N–H and O–H groups in total. The van der Waals surface area contributed by atoms with Crippen LogP contribution in [0, 0.1) is 23.7 Å². The molecule has 7 aromatic carbocycles. The third kappa shape index (κ3) is 3.46. The van der Waals surface area contributed by atoms with Crippen molar-refractivity contribution in [3.8, 4) is 28.0 Å². The Morgan fingerprint density at radius 1 is 0.532 bits per heavy atom. The highest BCUT2D eigenvalue weighted by molar-refractivity contribution is 6.23. The van der Waals surface area contributed by atoms with Gasteiger partial charge in [-0.15, -0.1) is 0 Å². The minimum Gasteiger partial charge on any atom is -0.537 e. The summed E-state index contributed by atoms with van der Waals surface area (Å²) in [6, 6.07) is 43.1. The van der Waals surface area contributed by atoms with Gasteiger partial charge in [-0.2, -0.15) is 0 Å². The van der Waals surface area contributed by atoms with Gasteiger partial charge < -0.3 is 9.68 Å². The van der Waals surface area contributed by atoms with Crippen LogP contribution in [0.3, 0.4) is 0 Å². The highest BCUT2D eigenvalue weighted by Crippen LogP contribution is 2.69. The van der Waals surface area contributed by atoms with Crippen LogP contribution in [-0.4, -0.2) is 12.7 Å². The summed E-state index contributed by atoms with van der Waals surface area (Å²) in [5.41, 5.74) is 8.70. The lowest BCUT2D eigenvalue weighted by Crippen LogP contribution is -2.55. The Morgan fingerprint density at radius 3 is 1.64 bits per heavy atom. The summed E-state index contributed by atoms with van der Waals surface area (Å²) < 4.78 is 5.74. The molecule has 4 bridgehead atoms. The lowest BCUT2D eigenvalue weighted by Gasteiger charge is -2.61. The average Bonchev–Trinajstić information content (AvgIpc) is 3.36. The first-order chi connectivity index (χ1) is 23.2. The van der Waals surface area contributed by atoms with E-state index in [1.165, 1.54) is 75.9 Å². The first-order valence-electron chi connectivity index (χ1n) is 17.4. The van der Waals surface area contributed by atoms with E-state index in [0.29, 0.717) is 5.75 Å². The van der Waals surface area contributed by atoms with Crippen LogP contribution in [0.25, 0.3) is 65.3 Å². The summed E-state index contributed by atoms with van der Waals surface area (Å²) in [4.78, 5) is 0. The van der Waals surface area contributed by atoms with Crippen LogP contribution in [0.1, 0.15) is 43.2 Å². The van der Waals surface area contributed by atoms with Gasteiger partial charge in [0.2, 0.25) is 0 Å². The zero-order chi connectivity index (χ0) is 30.9. The molecule has 5 aliphatic carbocycles. The molecule has 7 aromatic rings. The van der Waals surface area contributed by atoms with E-state index in [1.807, 2.05) is 12.1 Å². The van der Waals surface area contributed by atoms with Crippen molar-refractivity contribution in [2.75, 3.05) is 0 Å². The first kappa shape index (κ1) is 26.5. The Bertz CT molecular complexity index is 2370. The van der Waals surface area contributed by atoms with Gasteiger partial charge in [0.15, 0.2) is 0 Å². The monoisotopic (exact) mass is 605 g/mol. The van der Waals surface area contributed by atoms with Gasteiger partial charge in [-0.25, -0.2) is 0 Å². The van der Waals surface area contributed by atoms with Crippen LogP contribution in [0.15, 0.2) is 115 Å². The smallest absolute Gasteiger partial charge is 0.537 e. The van der Waals surface area contributed by atoms with Gasteiger partial charge in [-0.1, -0.05) is 84.9 Å². The molecular formula is C44H34BO2. The number of benzene rings is 7. The largest absolute Gasteiger partial charge is 0.569 e. The fourth-order valence-corrected chi connectivity index (χ4v) is 11.4. The van der Waals surface area contributed by atoms with Gasteiger partial charge in [-0.05, 0) is 152 Å². The second-order valence-corrected chi connectivity index (χ2v) is 14.9. The molecule has 0 aliphatic heterocycles. The second kappa shape index (κ2) is 9.49. The molecule has 0 heterocycles. The van der Waals surface area contributed by atoms with Crippen LogP contribution in [0.5, 0.6) is 5.75 Å². The van der Waals surface area contributed by atoms with E-state index in [-0.39, 0.29) is 5.41 Å². The standard InChI is InChI=1S/C44H34BO2/c46-45-47-43-36-11-5-3-9-34(36)42(35-10-4-6-12-37(35)43)30-14-13-29-22-39-38-21-27-7-1-2-8-28(27)23-40(38)44(41(39)24-31(29)20-30)32-16-25-15-26(18-32)19-33(44)17-25/h1-14,20-26,32-33,46H,15-19H2. The lowest BCUT2D eigenvalue weighted by molar-refractivity contribution is -0.0398. The van der Waals surface area contributed by atoms with E-state index >= 15 is 0 Å². The molecule has 2 nitrogen and oxygen atoms in total. The van der Waals surface area contributed by atoms with E-state index in [0.717, 1.165) is 52.9 Å². The topological polar surface area (TPSA) is 29.5 Å². The highest BCUT2D eigenvalue weighted by Gasteiger charge is 2.61. The minimum absolute atomic E-state index is 0.117. The van der Waals surface area contributed by atoms with Crippen molar-refractivity contribution >= 4 is 50.8 Å². The average molecular weight is 606 g/mol. The van der Waals surface area contributed by atoms with Gasteiger partial charge in [0.25, 0.3) is 0 Å². The maximum absolute atomic E-state index is 9.67. The molecule has 0 saturated heterocycles. The normalized spacial score (nSPS) is 25.2. The Balaban J connectivity index is 1.18. The van der Waals surface area contributed by atoms with E-state index < -0.39 is 0 Å². The molecule has 47 heavy (non-hydrogen) atoms. The molecule has 12 rings (SSSR count). The molecular weight excluding hydrogens is 571 g/mol. The minimum atomic E-state index is 0.117. The third-order valence-electron chi connectivity index (χ3n) is 12.8. The van der Waals surface area contributed by atoms with E-state index in [2.05, 4.69) is 103 Å². The molecule has 3 heteroatoms. The van der Waals surface area contributed by atoms with Gasteiger partial charge in [0.05, 0.1) is 0 Å². The van der Waals surface area contributed by atoms with Gasteiger partial charge >= 0.3 is 7.69 Å². The van der Waals surface area contributed by atoms with Crippen LogP contribution in [0.2, 0.25) is 0 Å². The van der Waals surface area contributed by atoms with Crippen LogP contribution >= 0.6 is 0 Å². The van der Waals surface area contributed by atoms with Gasteiger partial charge in [-0.3, -0.25) is 0 Å². The SMILES string of the molecule is O[B]Oc1c2ccccc2c(-c2ccc3cc4c(cc3c2)C2(c3cc5ccccc5cc3-4)C3CC4CC(C3)CC2C4)c2ccccc12. The van der Waals surface area contributed by atoms with Crippen LogP contribution < -0.4 is 4.65 Å². The Morgan fingerprint density at radius 2 is 1.04 bits per heavy atom. The molecule has 4 saturated carbocycles. The second-order valence-electron chi connectivity index (χ2n) is 14.9. The van der Waals surface area contributed by atoms with E-state index in [1.54, 1.807) is 11.1 Å². The van der Waals surface area contributed by atoms with E-state index in [9.17, 15) is 5.02 Å². The lowest BCUT2D eigenvalue weighted by atomic mass is 9.43. The Kier molecular flexibility index (Phi) is 5.34. The molecule has 5 aliphatic rings. The summed E-state index contributed by atoms with van der Waals surface area (Å²) in [7, 11) is 0.797. The number of hydrogen-bond acceptors (Lipinski definition) is 2. The summed E-state index contributed by atoms with van der Waals surface area (Å²) in [6.07, 6.45) is 7.00. The fourth-order valence-electron chi connectivity index (χ4n) is 11.4. The number of hydrogen-bond donors (Lipinski definition) is 1. The zero-order valence-corrected chi connectivity index (χ0v) is 26.2. The van der Waals surface area contributed by atoms with Crippen molar-refractivity contribution in [3.63, 3.8) is 0 Å². The van der Waals surface area contributed by atoms with Crippen molar-refractivity contribution in [1.29, 1.82) is 0 Å². The molecule has 1 spiro atoms. The fraction of sp³-hybridized carbons (Fsp3) is 0.227. The van der Waals surface area contributed by atoms with Gasteiger partial charge in [0.1, 0.15) is 5.75 Å². The first-order valence-corrected chi connectivity index (χ1v) is 17.4. The van der Waals surface area contributed by atoms with Crippen molar-refractivity contribution in [3.05, 3.63) is 126 Å². The summed E-state index contributed by atoms with van der Waals surface area (Å²) in [5, 5.41) is 19.3. The maximum Gasteiger partial charge on any atom is 0.569 e. The summed E-state index contributed by atoms with van der Waals surface area (Å²) >= 11 is 0. The Hall–Kier alpha value is -4.60. The van der Waals surface area contributed by atoms with Crippen molar-refractivity contribution < 1.29 is 9.68 Å². The van der Waals surface area contributed by atoms with Gasteiger partial charge in [0, 0.05) is 16.2 Å². The van der Waals surface area contributed by atoms with Crippen molar-refractivity contribution in [2.45, 2.75) is 37.5 Å². The van der Waals surface area contributed by atoms with Crippen LogP contribution in [-0.2, 0) is 5.41 Å². The number of rotatable bonds is 3. The maximum atomic E-state index is 9.67. The molecule has 0 aromatic heterocycles. The number of fused-ring (bicyclic) bond motifs is 7. The Labute approximate surface area is 275 Å². The van der Waals surface area contributed by atoms with Crippen LogP contribution in [0.4, 0.5) is 0 Å². The van der Waals surface area contributed by atoms with Crippen molar-refractivity contribution in [1.82, 2.24) is 0 Å². The quantitative estimate of drug-likeness (QED) is 0.160. The van der Waals surface area contributed by atoms with E-state index in [4.69, 9.17) is 4.65 Å². The molecule has 0 unspecified atom stereocenters. The molecule has 4 fully saturated rings. The predicted molar refractivity (Wildman–Crippen MR) is 194 cm³/mol. The molecule has 0 amide bonds. The highest BCUT2D eigenvalue weighted by atomic mass is 16.5.